The van der Waals surface area contributed by atoms with E-state index < -0.39 is 0 Å². The lowest BCUT2D eigenvalue weighted by molar-refractivity contribution is 0.306. The van der Waals surface area contributed by atoms with Crippen LogP contribution in [0.3, 0.4) is 0 Å². The predicted octanol–water partition coefficient (Wildman–Crippen LogP) is 2.37. The molecular weight excluding hydrogens is 238 g/mol. The largest absolute Gasteiger partial charge is 0.489 e. The van der Waals surface area contributed by atoms with E-state index in [0.29, 0.717) is 6.61 Å². The Morgan fingerprint density at radius 3 is 2.58 bits per heavy atom. The molecule has 4 heteroatoms. The Balaban J connectivity index is 1.89. The Labute approximate surface area is 114 Å². The lowest BCUT2D eigenvalue weighted by atomic mass is 10.1. The maximum Gasteiger partial charge on any atom is 0.119 e. The van der Waals surface area contributed by atoms with Gasteiger partial charge in [-0.15, -0.1) is 0 Å². The molecule has 0 saturated heterocycles. The SMILES string of the molecule is CCn1cc(COc2ccc(CC(C)N)cc2)cn1. The first-order valence-corrected chi connectivity index (χ1v) is 6.66. The Morgan fingerprint density at radius 2 is 2.00 bits per heavy atom. The first-order chi connectivity index (χ1) is 9.17. The van der Waals surface area contributed by atoms with Gasteiger partial charge in [-0.25, -0.2) is 0 Å². The quantitative estimate of drug-likeness (QED) is 0.866. The van der Waals surface area contributed by atoms with E-state index in [1.807, 2.05) is 36.1 Å². The summed E-state index contributed by atoms with van der Waals surface area (Å²) in [6, 6.07) is 8.29. The van der Waals surface area contributed by atoms with E-state index in [2.05, 4.69) is 24.2 Å². The van der Waals surface area contributed by atoms with Crippen LogP contribution < -0.4 is 10.5 Å². The summed E-state index contributed by atoms with van der Waals surface area (Å²) in [4.78, 5) is 0. The van der Waals surface area contributed by atoms with Crippen LogP contribution in [-0.2, 0) is 19.6 Å². The number of ether oxygens (including phenoxy) is 1. The van der Waals surface area contributed by atoms with Crippen molar-refractivity contribution in [3.63, 3.8) is 0 Å². The highest BCUT2D eigenvalue weighted by molar-refractivity contribution is 5.28. The summed E-state index contributed by atoms with van der Waals surface area (Å²) in [6.45, 7) is 5.50. The maximum atomic E-state index is 5.77. The van der Waals surface area contributed by atoms with Crippen LogP contribution in [0.15, 0.2) is 36.7 Å². The number of benzene rings is 1. The van der Waals surface area contributed by atoms with Crippen molar-refractivity contribution < 1.29 is 4.74 Å². The van der Waals surface area contributed by atoms with E-state index >= 15 is 0 Å². The lowest BCUT2D eigenvalue weighted by Gasteiger charge is -2.07. The van der Waals surface area contributed by atoms with Gasteiger partial charge in [-0.1, -0.05) is 12.1 Å². The highest BCUT2D eigenvalue weighted by atomic mass is 16.5. The molecule has 1 aromatic heterocycles. The standard InChI is InChI=1S/C15H21N3O/c1-3-18-10-14(9-17-18)11-19-15-6-4-13(5-7-15)8-12(2)16/h4-7,9-10,12H,3,8,11,16H2,1-2H3. The van der Waals surface area contributed by atoms with Crippen molar-refractivity contribution in [1.82, 2.24) is 9.78 Å². The van der Waals surface area contributed by atoms with Gasteiger partial charge in [0.25, 0.3) is 0 Å². The van der Waals surface area contributed by atoms with Crippen LogP contribution >= 0.6 is 0 Å². The zero-order valence-corrected chi connectivity index (χ0v) is 11.5. The molecule has 2 N–H and O–H groups in total. The highest BCUT2D eigenvalue weighted by Crippen LogP contribution is 2.15. The fourth-order valence-corrected chi connectivity index (χ4v) is 1.91. The third-order valence-corrected chi connectivity index (χ3v) is 2.90. The van der Waals surface area contributed by atoms with Crippen molar-refractivity contribution in [2.45, 2.75) is 39.5 Å². The normalized spacial score (nSPS) is 12.4. The van der Waals surface area contributed by atoms with E-state index in [1.165, 1.54) is 5.56 Å². The molecule has 1 unspecified atom stereocenters. The van der Waals surface area contributed by atoms with Crippen LogP contribution in [0.1, 0.15) is 25.0 Å². The molecule has 2 rings (SSSR count). The molecule has 0 amide bonds. The van der Waals surface area contributed by atoms with Gasteiger partial charge < -0.3 is 10.5 Å². The van der Waals surface area contributed by atoms with Gasteiger partial charge >= 0.3 is 0 Å². The molecule has 19 heavy (non-hydrogen) atoms. The molecule has 0 bridgehead atoms. The molecule has 0 radical (unpaired) electrons. The van der Waals surface area contributed by atoms with Crippen molar-refractivity contribution in [2.24, 2.45) is 5.73 Å². The second-order valence-corrected chi connectivity index (χ2v) is 4.82. The van der Waals surface area contributed by atoms with Gasteiger partial charge in [-0.3, -0.25) is 4.68 Å². The van der Waals surface area contributed by atoms with E-state index in [1.54, 1.807) is 0 Å². The third-order valence-electron chi connectivity index (χ3n) is 2.90. The Morgan fingerprint density at radius 1 is 1.26 bits per heavy atom. The molecular formula is C15H21N3O. The molecule has 1 heterocycles. The van der Waals surface area contributed by atoms with Crippen molar-refractivity contribution in [3.05, 3.63) is 47.8 Å². The molecule has 0 spiro atoms. The zero-order chi connectivity index (χ0) is 13.7. The number of hydrogen-bond acceptors (Lipinski definition) is 3. The summed E-state index contributed by atoms with van der Waals surface area (Å²) in [7, 11) is 0. The van der Waals surface area contributed by atoms with Gasteiger partial charge in [0, 0.05) is 24.3 Å². The first-order valence-electron chi connectivity index (χ1n) is 6.66. The molecule has 0 saturated carbocycles. The number of aryl methyl sites for hydroxylation is 1. The van der Waals surface area contributed by atoms with Crippen LogP contribution in [0.4, 0.5) is 0 Å². The van der Waals surface area contributed by atoms with Crippen LogP contribution in [0.5, 0.6) is 5.75 Å². The molecule has 1 aromatic carbocycles. The monoisotopic (exact) mass is 259 g/mol. The van der Waals surface area contributed by atoms with E-state index in [-0.39, 0.29) is 6.04 Å². The molecule has 1 atom stereocenters. The van der Waals surface area contributed by atoms with Crippen molar-refractivity contribution in [2.75, 3.05) is 0 Å². The fraction of sp³-hybridized carbons (Fsp3) is 0.400. The summed E-state index contributed by atoms with van der Waals surface area (Å²) in [5.74, 6) is 0.873. The fourth-order valence-electron chi connectivity index (χ4n) is 1.91. The second-order valence-electron chi connectivity index (χ2n) is 4.82. The van der Waals surface area contributed by atoms with Crippen LogP contribution in [0.25, 0.3) is 0 Å². The second kappa shape index (κ2) is 6.38. The summed E-state index contributed by atoms with van der Waals surface area (Å²) >= 11 is 0. The summed E-state index contributed by atoms with van der Waals surface area (Å²) in [5, 5.41) is 4.22. The van der Waals surface area contributed by atoms with Crippen molar-refractivity contribution in [3.8, 4) is 5.75 Å². The molecule has 0 aliphatic carbocycles. The van der Waals surface area contributed by atoms with Gasteiger partial charge in [0.15, 0.2) is 0 Å². The van der Waals surface area contributed by atoms with E-state index in [0.717, 1.165) is 24.3 Å². The molecule has 4 nitrogen and oxygen atoms in total. The van der Waals surface area contributed by atoms with Crippen LogP contribution in [-0.4, -0.2) is 15.8 Å². The van der Waals surface area contributed by atoms with Crippen LogP contribution in [0.2, 0.25) is 0 Å². The van der Waals surface area contributed by atoms with Gasteiger partial charge in [0.1, 0.15) is 12.4 Å². The first kappa shape index (κ1) is 13.6. The number of nitrogens with two attached hydrogens (primary N) is 1. The summed E-state index contributed by atoms with van der Waals surface area (Å²) < 4.78 is 7.62. The van der Waals surface area contributed by atoms with E-state index in [9.17, 15) is 0 Å². The zero-order valence-electron chi connectivity index (χ0n) is 11.5. The number of nitrogens with zero attached hydrogens (tertiary/aromatic N) is 2. The maximum absolute atomic E-state index is 5.77. The molecule has 2 aromatic rings. The Bertz CT molecular complexity index is 502. The van der Waals surface area contributed by atoms with Gasteiger partial charge in [-0.2, -0.15) is 5.10 Å². The molecule has 0 aliphatic rings. The van der Waals surface area contributed by atoms with Crippen molar-refractivity contribution in [1.29, 1.82) is 0 Å². The minimum atomic E-state index is 0.187. The third kappa shape index (κ3) is 4.10. The number of rotatable bonds is 6. The van der Waals surface area contributed by atoms with Gasteiger partial charge in [0.2, 0.25) is 0 Å². The van der Waals surface area contributed by atoms with Crippen LogP contribution in [0, 0.1) is 0 Å². The minimum absolute atomic E-state index is 0.187. The van der Waals surface area contributed by atoms with E-state index in [4.69, 9.17) is 10.5 Å². The summed E-state index contributed by atoms with van der Waals surface area (Å²) in [5.41, 5.74) is 8.09. The Hall–Kier alpha value is -1.81. The average Bonchev–Trinajstić information content (AvgIpc) is 2.85. The number of aromatic nitrogens is 2. The number of hydrogen-bond donors (Lipinski definition) is 1. The highest BCUT2D eigenvalue weighted by Gasteiger charge is 2.01. The van der Waals surface area contributed by atoms with Crippen molar-refractivity contribution >= 4 is 0 Å². The average molecular weight is 259 g/mol. The predicted molar refractivity (Wildman–Crippen MR) is 76.0 cm³/mol. The van der Waals surface area contributed by atoms with Gasteiger partial charge in [0.05, 0.1) is 6.20 Å². The summed E-state index contributed by atoms with van der Waals surface area (Å²) in [6.07, 6.45) is 4.74. The molecule has 0 aliphatic heterocycles. The smallest absolute Gasteiger partial charge is 0.119 e. The van der Waals surface area contributed by atoms with Gasteiger partial charge in [-0.05, 0) is 38.0 Å². The molecule has 102 valence electrons. The molecule has 0 fully saturated rings. The Kier molecular flexibility index (Phi) is 4.58. The minimum Gasteiger partial charge on any atom is -0.489 e. The topological polar surface area (TPSA) is 53.1 Å². The lowest BCUT2D eigenvalue weighted by Crippen LogP contribution is -2.17.